The van der Waals surface area contributed by atoms with Crippen molar-refractivity contribution in [2.45, 2.75) is 0 Å². The number of benzene rings is 2. The molecule has 0 saturated heterocycles. The van der Waals surface area contributed by atoms with Crippen LogP contribution in [0.25, 0.3) is 0 Å². The summed E-state index contributed by atoms with van der Waals surface area (Å²) in [4.78, 5) is 12.0. The third-order valence-corrected chi connectivity index (χ3v) is 2.39. The Balaban J connectivity index is 2.29. The van der Waals surface area contributed by atoms with Gasteiger partial charge >= 0.3 is 0 Å². The van der Waals surface area contributed by atoms with Gasteiger partial charge in [-0.1, -0.05) is 23.8 Å². The summed E-state index contributed by atoms with van der Waals surface area (Å²) in [7, 11) is 0. The number of hydrogen-bond donors (Lipinski definition) is 1. The van der Waals surface area contributed by atoms with E-state index >= 15 is 0 Å². The van der Waals surface area contributed by atoms with Crippen LogP contribution in [0.2, 0.25) is 0 Å². The second kappa shape index (κ2) is 5.37. The molecule has 0 unspecified atom stereocenters. The Morgan fingerprint density at radius 3 is 2.17 bits per heavy atom. The number of nitrogens with zero attached hydrogens (tertiary/aromatic N) is 1. The van der Waals surface area contributed by atoms with Crippen LogP contribution in [0.15, 0.2) is 54.6 Å². The van der Waals surface area contributed by atoms with Crippen LogP contribution >= 0.6 is 0 Å². The molecule has 0 aliphatic heterocycles. The van der Waals surface area contributed by atoms with Crippen LogP contribution in [0.3, 0.4) is 0 Å². The summed E-state index contributed by atoms with van der Waals surface area (Å²) in [6, 6.07) is 13.2. The number of anilines is 1. The topological polar surface area (TPSA) is 32.3 Å². The molecule has 92 valence electrons. The van der Waals surface area contributed by atoms with Crippen molar-refractivity contribution in [1.29, 1.82) is 0 Å². The van der Waals surface area contributed by atoms with Gasteiger partial charge in [0.05, 0.1) is 5.69 Å². The number of carbonyl (C=O) groups is 1. The molecule has 0 aliphatic rings. The molecule has 0 aromatic heterocycles. The van der Waals surface area contributed by atoms with Gasteiger partial charge < -0.3 is 0 Å². The summed E-state index contributed by atoms with van der Waals surface area (Å²) >= 11 is 0. The summed E-state index contributed by atoms with van der Waals surface area (Å²) < 4.78 is 25.5. The van der Waals surface area contributed by atoms with E-state index in [1.165, 1.54) is 17.8 Å². The second-order valence-electron chi connectivity index (χ2n) is 3.57. The van der Waals surface area contributed by atoms with Crippen LogP contribution in [-0.2, 0) is 0 Å². The molecule has 3 nitrogen and oxygen atoms in total. The smallest absolute Gasteiger partial charge is 0.267 e. The van der Waals surface area contributed by atoms with Crippen molar-refractivity contribution < 1.29 is 13.7 Å². The van der Waals surface area contributed by atoms with E-state index in [1.807, 2.05) is 0 Å². The standard InChI is InChI=1S/C13H10F2N2O/c14-11-6-8-12(9-7-11)17(16-15)13(18)10-4-2-1-3-5-10/h1-9,16H. The Morgan fingerprint density at radius 2 is 1.61 bits per heavy atom. The predicted molar refractivity (Wildman–Crippen MR) is 63.9 cm³/mol. The second-order valence-corrected chi connectivity index (χ2v) is 3.57. The first-order valence-corrected chi connectivity index (χ1v) is 5.23. The number of hydrogen-bond acceptors (Lipinski definition) is 2. The van der Waals surface area contributed by atoms with Gasteiger partial charge in [-0.3, -0.25) is 4.79 Å². The third-order valence-electron chi connectivity index (χ3n) is 2.39. The minimum Gasteiger partial charge on any atom is -0.267 e. The molecule has 0 bridgehead atoms. The number of hydrazine groups is 1. The molecule has 2 aromatic carbocycles. The first-order chi connectivity index (χ1) is 8.72. The zero-order valence-corrected chi connectivity index (χ0v) is 9.31. The molecule has 0 fully saturated rings. The van der Waals surface area contributed by atoms with E-state index in [-0.39, 0.29) is 5.69 Å². The zero-order chi connectivity index (χ0) is 13.0. The van der Waals surface area contributed by atoms with Crippen molar-refractivity contribution in [3.8, 4) is 0 Å². The van der Waals surface area contributed by atoms with E-state index in [0.29, 0.717) is 10.6 Å². The average molecular weight is 248 g/mol. The molecular formula is C13H10F2N2O. The summed E-state index contributed by atoms with van der Waals surface area (Å²) in [5.41, 5.74) is 1.84. The monoisotopic (exact) mass is 248 g/mol. The molecular weight excluding hydrogens is 238 g/mol. The van der Waals surface area contributed by atoms with Crippen LogP contribution in [-0.4, -0.2) is 5.91 Å². The minimum atomic E-state index is -0.565. The SMILES string of the molecule is O=C(c1ccccc1)N(NF)c1ccc(F)cc1. The van der Waals surface area contributed by atoms with E-state index in [1.54, 1.807) is 30.3 Å². The zero-order valence-electron chi connectivity index (χ0n) is 9.31. The molecule has 2 aromatic rings. The molecule has 5 heteroatoms. The Bertz CT molecular complexity index is 528. The molecule has 0 aliphatic carbocycles. The largest absolute Gasteiger partial charge is 0.274 e. The molecule has 0 saturated carbocycles. The summed E-state index contributed by atoms with van der Waals surface area (Å²) in [5.74, 6) is -1.02. The number of halogens is 2. The maximum absolute atomic E-state index is 12.8. The van der Waals surface area contributed by atoms with Crippen molar-refractivity contribution in [2.75, 3.05) is 5.01 Å². The Hall–Kier alpha value is -2.27. The number of nitrogens with one attached hydrogen (secondary N) is 1. The fourth-order valence-electron chi connectivity index (χ4n) is 1.50. The van der Waals surface area contributed by atoms with Gasteiger partial charge in [0.2, 0.25) is 0 Å². The highest BCUT2D eigenvalue weighted by Crippen LogP contribution is 2.16. The van der Waals surface area contributed by atoms with Crippen LogP contribution in [0.5, 0.6) is 0 Å². The highest BCUT2D eigenvalue weighted by atomic mass is 19.2. The Labute approximate surface area is 103 Å². The molecule has 0 heterocycles. The fraction of sp³-hybridized carbons (Fsp3) is 0. The lowest BCUT2D eigenvalue weighted by molar-refractivity contribution is 0.0943. The molecule has 0 radical (unpaired) electrons. The molecule has 0 atom stereocenters. The van der Waals surface area contributed by atoms with E-state index < -0.39 is 11.7 Å². The lowest BCUT2D eigenvalue weighted by Crippen LogP contribution is -2.38. The first-order valence-electron chi connectivity index (χ1n) is 5.23. The van der Waals surface area contributed by atoms with E-state index in [9.17, 15) is 13.7 Å². The average Bonchev–Trinajstić information content (AvgIpc) is 2.42. The van der Waals surface area contributed by atoms with Crippen molar-refractivity contribution >= 4 is 11.6 Å². The van der Waals surface area contributed by atoms with Crippen LogP contribution in [0, 0.1) is 5.82 Å². The van der Waals surface area contributed by atoms with E-state index in [0.717, 1.165) is 12.1 Å². The lowest BCUT2D eigenvalue weighted by Gasteiger charge is -2.18. The van der Waals surface area contributed by atoms with E-state index in [4.69, 9.17) is 0 Å². The van der Waals surface area contributed by atoms with Crippen molar-refractivity contribution in [3.63, 3.8) is 0 Å². The van der Waals surface area contributed by atoms with Gasteiger partial charge in [0, 0.05) is 5.56 Å². The quantitative estimate of drug-likeness (QED) is 0.669. The fourth-order valence-corrected chi connectivity index (χ4v) is 1.50. The van der Waals surface area contributed by atoms with Gasteiger partial charge in [0.1, 0.15) is 5.82 Å². The molecule has 18 heavy (non-hydrogen) atoms. The van der Waals surface area contributed by atoms with Gasteiger partial charge in [-0.05, 0) is 36.4 Å². The van der Waals surface area contributed by atoms with Crippen LogP contribution < -0.4 is 10.7 Å². The maximum Gasteiger partial charge on any atom is 0.274 e. The Kier molecular flexibility index (Phi) is 3.64. The van der Waals surface area contributed by atoms with Gasteiger partial charge in [0.15, 0.2) is 0 Å². The van der Waals surface area contributed by atoms with Gasteiger partial charge in [-0.15, -0.1) is 4.48 Å². The van der Waals surface area contributed by atoms with Gasteiger partial charge in [-0.2, -0.15) is 0 Å². The molecule has 1 amide bonds. The van der Waals surface area contributed by atoms with Crippen molar-refractivity contribution in [2.24, 2.45) is 0 Å². The van der Waals surface area contributed by atoms with Gasteiger partial charge in [-0.25, -0.2) is 9.40 Å². The first kappa shape index (κ1) is 12.2. The highest BCUT2D eigenvalue weighted by Gasteiger charge is 2.17. The summed E-state index contributed by atoms with van der Waals surface area (Å²) in [6.45, 7) is 0. The van der Waals surface area contributed by atoms with E-state index in [2.05, 4.69) is 0 Å². The lowest BCUT2D eigenvalue weighted by atomic mass is 10.2. The number of rotatable bonds is 3. The predicted octanol–water partition coefficient (Wildman–Crippen LogP) is 2.86. The molecule has 0 spiro atoms. The maximum atomic E-state index is 12.8. The van der Waals surface area contributed by atoms with Gasteiger partial charge in [0.25, 0.3) is 5.91 Å². The molecule has 1 N–H and O–H groups in total. The van der Waals surface area contributed by atoms with Crippen molar-refractivity contribution in [3.05, 3.63) is 66.0 Å². The van der Waals surface area contributed by atoms with Crippen molar-refractivity contribution in [1.82, 2.24) is 5.65 Å². The third kappa shape index (κ3) is 2.52. The normalized spacial score (nSPS) is 10.1. The summed E-state index contributed by atoms with van der Waals surface area (Å²) in [5, 5.41) is 0.703. The Morgan fingerprint density at radius 1 is 1.00 bits per heavy atom. The highest BCUT2D eigenvalue weighted by molar-refractivity contribution is 6.05. The number of amides is 1. The molecule has 2 rings (SSSR count). The summed E-state index contributed by atoms with van der Waals surface area (Å²) in [6.07, 6.45) is 0. The van der Waals surface area contributed by atoms with Crippen LogP contribution in [0.4, 0.5) is 14.6 Å². The number of carbonyl (C=O) groups excluding carboxylic acids is 1. The van der Waals surface area contributed by atoms with Crippen LogP contribution in [0.1, 0.15) is 10.4 Å². The minimum absolute atomic E-state index is 0.216.